The normalized spacial score (nSPS) is 13.4. The van der Waals surface area contributed by atoms with E-state index in [2.05, 4.69) is 115 Å². The molecule has 1 saturated heterocycles. The average molecular weight is 442 g/mol. The molecule has 1 heteroatoms. The predicted octanol–water partition coefficient (Wildman–Crippen LogP) is 8.69. The lowest BCUT2D eigenvalue weighted by Gasteiger charge is -2.20. The van der Waals surface area contributed by atoms with Crippen molar-refractivity contribution in [2.75, 3.05) is 0 Å². The first-order valence-electron chi connectivity index (χ1n) is 12.7. The fourth-order valence-corrected chi connectivity index (χ4v) is 6.38. The van der Waals surface area contributed by atoms with E-state index in [4.69, 9.17) is 0 Å². The largest absolute Gasteiger partial charge is 0.175 e. The molecule has 6 aromatic rings. The zero-order valence-corrected chi connectivity index (χ0v) is 19.5. The molecule has 8 rings (SSSR count). The molecule has 0 unspecified atom stereocenters. The van der Waals surface area contributed by atoms with Crippen LogP contribution in [0.5, 0.6) is 0 Å². The topological polar surface area (TPSA) is 0 Å². The molecule has 0 saturated carbocycles. The summed E-state index contributed by atoms with van der Waals surface area (Å²) in [5.41, 5.74) is 12.4. The lowest BCUT2D eigenvalue weighted by Crippen LogP contribution is -2.15. The molecule has 0 N–H and O–H groups in total. The molecule has 35 heavy (non-hydrogen) atoms. The van der Waals surface area contributed by atoms with E-state index in [9.17, 15) is 0 Å². The minimum atomic E-state index is 0.726. The fraction of sp³-hybridized carbons (Fsp3) is 0.0588. The van der Waals surface area contributed by atoms with Crippen molar-refractivity contribution in [3.63, 3.8) is 0 Å². The van der Waals surface area contributed by atoms with E-state index < -0.39 is 0 Å². The van der Waals surface area contributed by atoms with Crippen LogP contribution in [0.25, 0.3) is 66.1 Å². The highest BCUT2D eigenvalue weighted by Gasteiger charge is 2.34. The zero-order chi connectivity index (χ0) is 22.9. The highest BCUT2D eigenvalue weighted by molar-refractivity contribution is 6.84. The van der Waals surface area contributed by atoms with Crippen LogP contribution < -0.4 is 5.46 Å². The van der Waals surface area contributed by atoms with Gasteiger partial charge in [-0.25, -0.2) is 0 Å². The van der Waals surface area contributed by atoms with Gasteiger partial charge in [0, 0.05) is 0 Å². The van der Waals surface area contributed by atoms with E-state index in [1.165, 1.54) is 84.2 Å². The van der Waals surface area contributed by atoms with Gasteiger partial charge < -0.3 is 0 Å². The van der Waals surface area contributed by atoms with Crippen LogP contribution in [0.2, 0.25) is 12.6 Å². The van der Waals surface area contributed by atoms with Crippen LogP contribution in [-0.2, 0) is 0 Å². The van der Waals surface area contributed by atoms with E-state index in [0.717, 1.165) is 6.71 Å². The Kier molecular flexibility index (Phi) is 3.96. The molecule has 2 aliphatic rings. The van der Waals surface area contributed by atoms with Crippen LogP contribution in [-0.4, -0.2) is 6.71 Å². The number of fused-ring (bicyclic) bond motifs is 4. The Hall–Kier alpha value is -4.10. The second-order valence-corrected chi connectivity index (χ2v) is 9.98. The van der Waals surface area contributed by atoms with Crippen molar-refractivity contribution in [2.24, 2.45) is 0 Å². The van der Waals surface area contributed by atoms with Gasteiger partial charge in [0.25, 0.3) is 0 Å². The van der Waals surface area contributed by atoms with Crippen molar-refractivity contribution < 1.29 is 0 Å². The van der Waals surface area contributed by atoms with Crippen LogP contribution in [0.3, 0.4) is 0 Å². The lowest BCUT2D eigenvalue weighted by atomic mass is 9.61. The summed E-state index contributed by atoms with van der Waals surface area (Å²) < 4.78 is 0. The van der Waals surface area contributed by atoms with Gasteiger partial charge in [-0.3, -0.25) is 0 Å². The standard InChI is InChI=1S/C34H23B/c1-3-10-22(11-4-1)30-24-14-7-8-15-25(24)31(23-12-5-2-6-13-23)34-28-18-19-29(35-20-21-35)26-16-9-17-27(32(26)28)33(30)34/h1-19H,20-21H2. The Morgan fingerprint density at radius 2 is 0.914 bits per heavy atom. The summed E-state index contributed by atoms with van der Waals surface area (Å²) in [6.07, 6.45) is 2.64. The fourth-order valence-electron chi connectivity index (χ4n) is 6.38. The monoisotopic (exact) mass is 442 g/mol. The summed E-state index contributed by atoms with van der Waals surface area (Å²) >= 11 is 0. The Labute approximate surface area is 206 Å². The zero-order valence-electron chi connectivity index (χ0n) is 19.5. The van der Waals surface area contributed by atoms with Crippen molar-refractivity contribution in [3.8, 4) is 44.5 Å². The molecular weight excluding hydrogens is 419 g/mol. The summed E-state index contributed by atoms with van der Waals surface area (Å²) in [6, 6.07) is 42.7. The van der Waals surface area contributed by atoms with Gasteiger partial charge in [0.2, 0.25) is 0 Å². The Morgan fingerprint density at radius 3 is 1.49 bits per heavy atom. The van der Waals surface area contributed by atoms with E-state index in [0.29, 0.717) is 0 Å². The van der Waals surface area contributed by atoms with Crippen molar-refractivity contribution in [1.82, 2.24) is 0 Å². The Morgan fingerprint density at radius 1 is 0.400 bits per heavy atom. The summed E-state index contributed by atoms with van der Waals surface area (Å²) in [5.74, 6) is 0. The third-order valence-electron chi connectivity index (χ3n) is 7.97. The SMILES string of the molecule is c1ccc(-c2c3c(c(-c4ccccc4)c4ccccc24)-c2ccc(B4CC4)c4cccc-3c24)cc1. The maximum Gasteiger partial charge on any atom is 0.175 e. The molecule has 6 aromatic carbocycles. The molecule has 1 aliphatic carbocycles. The number of rotatable bonds is 3. The van der Waals surface area contributed by atoms with Gasteiger partial charge in [0.1, 0.15) is 0 Å². The first-order valence-corrected chi connectivity index (χ1v) is 12.7. The van der Waals surface area contributed by atoms with Gasteiger partial charge >= 0.3 is 0 Å². The third kappa shape index (κ3) is 2.70. The predicted molar refractivity (Wildman–Crippen MR) is 152 cm³/mol. The number of hydrogen-bond donors (Lipinski definition) is 0. The first-order chi connectivity index (χ1) is 17.4. The second kappa shape index (κ2) is 7.20. The highest BCUT2D eigenvalue weighted by atomic mass is 14.3. The van der Waals surface area contributed by atoms with Crippen molar-refractivity contribution >= 4 is 33.7 Å². The van der Waals surface area contributed by atoms with Gasteiger partial charge in [0.15, 0.2) is 6.71 Å². The molecule has 162 valence electrons. The molecule has 0 radical (unpaired) electrons. The molecule has 0 amide bonds. The summed E-state index contributed by atoms with van der Waals surface area (Å²) in [4.78, 5) is 0. The molecule has 0 atom stereocenters. The minimum Gasteiger partial charge on any atom is -0.0759 e. The van der Waals surface area contributed by atoms with Gasteiger partial charge in [-0.05, 0) is 66.1 Å². The summed E-state index contributed by atoms with van der Waals surface area (Å²) in [6.45, 7) is 0.726. The van der Waals surface area contributed by atoms with Crippen LogP contribution in [0, 0.1) is 0 Å². The molecule has 1 aliphatic heterocycles. The summed E-state index contributed by atoms with van der Waals surface area (Å²) in [7, 11) is 0. The Bertz CT molecular complexity index is 1690. The molecule has 1 fully saturated rings. The number of hydrogen-bond acceptors (Lipinski definition) is 0. The molecule has 0 spiro atoms. The van der Waals surface area contributed by atoms with Crippen LogP contribution >= 0.6 is 0 Å². The van der Waals surface area contributed by atoms with E-state index in [1.54, 1.807) is 0 Å². The minimum absolute atomic E-state index is 0.726. The first kappa shape index (κ1) is 19.2. The van der Waals surface area contributed by atoms with Crippen LogP contribution in [0.15, 0.2) is 115 Å². The van der Waals surface area contributed by atoms with Gasteiger partial charge in [0.05, 0.1) is 0 Å². The molecule has 0 bridgehead atoms. The van der Waals surface area contributed by atoms with Gasteiger partial charge in [-0.1, -0.05) is 133 Å². The molecule has 0 nitrogen and oxygen atoms in total. The average Bonchev–Trinajstić information content (AvgIpc) is 3.72. The maximum absolute atomic E-state index is 2.42. The van der Waals surface area contributed by atoms with Crippen LogP contribution in [0.1, 0.15) is 0 Å². The molecule has 1 heterocycles. The second-order valence-electron chi connectivity index (χ2n) is 9.98. The van der Waals surface area contributed by atoms with Crippen molar-refractivity contribution in [1.29, 1.82) is 0 Å². The smallest absolute Gasteiger partial charge is 0.0759 e. The Balaban J connectivity index is 1.62. The quantitative estimate of drug-likeness (QED) is 0.240. The van der Waals surface area contributed by atoms with Gasteiger partial charge in [-0.15, -0.1) is 0 Å². The van der Waals surface area contributed by atoms with Crippen molar-refractivity contribution in [2.45, 2.75) is 12.6 Å². The van der Waals surface area contributed by atoms with E-state index in [-0.39, 0.29) is 0 Å². The lowest BCUT2D eigenvalue weighted by molar-refractivity contribution is 1.62. The molecule has 0 aromatic heterocycles. The van der Waals surface area contributed by atoms with Crippen LogP contribution in [0.4, 0.5) is 0 Å². The maximum atomic E-state index is 2.42. The number of benzene rings is 6. The van der Waals surface area contributed by atoms with E-state index in [1.807, 2.05) is 0 Å². The van der Waals surface area contributed by atoms with Crippen molar-refractivity contribution in [3.05, 3.63) is 115 Å². The highest BCUT2D eigenvalue weighted by Crippen LogP contribution is 2.57. The third-order valence-corrected chi connectivity index (χ3v) is 7.97. The van der Waals surface area contributed by atoms with Gasteiger partial charge in [-0.2, -0.15) is 0 Å². The molecular formula is C34H23B. The summed E-state index contributed by atoms with van der Waals surface area (Å²) in [5, 5.41) is 5.53. The van der Waals surface area contributed by atoms with E-state index >= 15 is 0 Å².